The van der Waals surface area contributed by atoms with Crippen molar-refractivity contribution < 1.29 is 14.3 Å². The van der Waals surface area contributed by atoms with Crippen LogP contribution in [0.2, 0.25) is 0 Å². The first-order chi connectivity index (χ1) is 13.4. The molecule has 2 aromatic rings. The summed E-state index contributed by atoms with van der Waals surface area (Å²) in [5.41, 5.74) is 3.35. The summed E-state index contributed by atoms with van der Waals surface area (Å²) < 4.78 is 5.23. The topological polar surface area (TPSA) is 49.9 Å². The number of piperidine rings is 1. The van der Waals surface area contributed by atoms with E-state index in [-0.39, 0.29) is 17.6 Å². The van der Waals surface area contributed by atoms with Crippen LogP contribution in [0.4, 0.5) is 5.69 Å². The number of methoxy groups -OCH3 is 1. The molecule has 5 heteroatoms. The molecule has 1 fully saturated rings. The summed E-state index contributed by atoms with van der Waals surface area (Å²) in [4.78, 5) is 29.8. The highest BCUT2D eigenvalue weighted by Crippen LogP contribution is 2.26. The van der Waals surface area contributed by atoms with Gasteiger partial charge in [0.05, 0.1) is 7.11 Å². The molecule has 5 nitrogen and oxygen atoms in total. The van der Waals surface area contributed by atoms with Crippen molar-refractivity contribution in [1.82, 2.24) is 4.90 Å². The minimum absolute atomic E-state index is 0.00532. The van der Waals surface area contributed by atoms with Crippen LogP contribution in [0.5, 0.6) is 5.75 Å². The minimum atomic E-state index is -0.161. The van der Waals surface area contributed by atoms with Gasteiger partial charge in [0.25, 0.3) is 5.91 Å². The number of rotatable bonds is 5. The lowest BCUT2D eigenvalue weighted by Crippen LogP contribution is -2.42. The molecule has 0 N–H and O–H groups in total. The number of Topliss-reactive ketones (excluding diaryl/α,β-unsaturated/α-hetero) is 1. The molecule has 0 spiro atoms. The smallest absolute Gasteiger partial charge is 0.253 e. The lowest BCUT2D eigenvalue weighted by molar-refractivity contribution is 0.0637. The molecule has 1 heterocycles. The van der Waals surface area contributed by atoms with Crippen molar-refractivity contribution in [3.05, 3.63) is 59.2 Å². The Balaban J connectivity index is 1.72. The van der Waals surface area contributed by atoms with E-state index in [1.54, 1.807) is 7.11 Å². The number of ketones is 1. The summed E-state index contributed by atoms with van der Waals surface area (Å²) in [5, 5.41) is 0. The second-order valence-electron chi connectivity index (χ2n) is 7.58. The summed E-state index contributed by atoms with van der Waals surface area (Å²) >= 11 is 0. The highest BCUT2D eigenvalue weighted by molar-refractivity contribution is 6.00. The van der Waals surface area contributed by atoms with Gasteiger partial charge in [-0.15, -0.1) is 0 Å². The highest BCUT2D eigenvalue weighted by Gasteiger charge is 2.30. The number of aryl methyl sites for hydroxylation is 1. The number of hydrogen-bond donors (Lipinski definition) is 0. The second-order valence-corrected chi connectivity index (χ2v) is 7.58. The van der Waals surface area contributed by atoms with Crippen molar-refractivity contribution >= 4 is 17.4 Å². The number of ether oxygens (including phenoxy) is 1. The van der Waals surface area contributed by atoms with E-state index in [2.05, 4.69) is 0 Å². The number of carbonyl (C=O) groups excluding carboxylic acids is 2. The molecule has 1 amide bonds. The summed E-state index contributed by atoms with van der Waals surface area (Å²) in [5.74, 6) is 0.691. The quantitative estimate of drug-likeness (QED) is 0.740. The molecule has 0 aromatic heterocycles. The van der Waals surface area contributed by atoms with Crippen LogP contribution < -0.4 is 9.64 Å². The zero-order chi connectivity index (χ0) is 20.3. The SMILES string of the molecule is COc1ccc(C(=O)[C@H]2CCCN(C(=O)c3ccc(N(C)C)cc3)C2)c(C)c1. The van der Waals surface area contributed by atoms with Crippen LogP contribution in [0.25, 0.3) is 0 Å². The number of carbonyl (C=O) groups is 2. The average Bonchev–Trinajstić information content (AvgIpc) is 2.72. The summed E-state index contributed by atoms with van der Waals surface area (Å²) in [6, 6.07) is 13.1. The molecule has 1 atom stereocenters. The largest absolute Gasteiger partial charge is 0.497 e. The van der Waals surface area contributed by atoms with E-state index in [0.29, 0.717) is 18.7 Å². The van der Waals surface area contributed by atoms with Gasteiger partial charge < -0.3 is 14.5 Å². The Kier molecular flexibility index (Phi) is 6.02. The summed E-state index contributed by atoms with van der Waals surface area (Å²) in [6.07, 6.45) is 1.65. The Morgan fingerprint density at radius 3 is 2.43 bits per heavy atom. The molecular formula is C23H28N2O3. The molecule has 28 heavy (non-hydrogen) atoms. The van der Waals surface area contributed by atoms with Gasteiger partial charge in [0.2, 0.25) is 0 Å². The summed E-state index contributed by atoms with van der Waals surface area (Å²) in [6.45, 7) is 3.09. The third-order valence-corrected chi connectivity index (χ3v) is 5.41. The van der Waals surface area contributed by atoms with Crippen LogP contribution in [-0.4, -0.2) is 50.9 Å². The standard InChI is InChI=1S/C23H28N2O3/c1-16-14-20(28-4)11-12-21(16)22(26)18-6-5-13-25(15-18)23(27)17-7-9-19(10-8-17)24(2)3/h7-12,14,18H,5-6,13,15H2,1-4H3/t18-/m0/s1. The number of hydrogen-bond acceptors (Lipinski definition) is 4. The van der Waals surface area contributed by atoms with E-state index in [4.69, 9.17) is 4.74 Å². The van der Waals surface area contributed by atoms with Crippen LogP contribution in [0.3, 0.4) is 0 Å². The lowest BCUT2D eigenvalue weighted by Gasteiger charge is -2.32. The maximum absolute atomic E-state index is 13.1. The highest BCUT2D eigenvalue weighted by atomic mass is 16.5. The Labute approximate surface area is 166 Å². The van der Waals surface area contributed by atoms with Gasteiger partial charge >= 0.3 is 0 Å². The molecule has 3 rings (SSSR count). The predicted octanol–water partition coefficient (Wildman–Crippen LogP) is 3.80. The lowest BCUT2D eigenvalue weighted by atomic mass is 9.88. The molecular weight excluding hydrogens is 352 g/mol. The van der Waals surface area contributed by atoms with Crippen molar-refractivity contribution in [3.8, 4) is 5.75 Å². The Morgan fingerprint density at radius 2 is 1.82 bits per heavy atom. The van der Waals surface area contributed by atoms with Crippen molar-refractivity contribution in [2.24, 2.45) is 5.92 Å². The fraction of sp³-hybridized carbons (Fsp3) is 0.391. The maximum atomic E-state index is 13.1. The normalized spacial score (nSPS) is 16.6. The second kappa shape index (κ2) is 8.46. The number of nitrogens with zero attached hydrogens (tertiary/aromatic N) is 2. The van der Waals surface area contributed by atoms with E-state index < -0.39 is 0 Å². The van der Waals surface area contributed by atoms with Crippen molar-refractivity contribution in [2.45, 2.75) is 19.8 Å². The predicted molar refractivity (Wildman–Crippen MR) is 111 cm³/mol. The first-order valence-electron chi connectivity index (χ1n) is 9.66. The van der Waals surface area contributed by atoms with Crippen LogP contribution in [0.15, 0.2) is 42.5 Å². The van der Waals surface area contributed by atoms with Gasteiger partial charge in [-0.3, -0.25) is 9.59 Å². The molecule has 0 saturated carbocycles. The molecule has 148 valence electrons. The molecule has 1 aliphatic rings. The molecule has 0 aliphatic carbocycles. The van der Waals surface area contributed by atoms with E-state index in [9.17, 15) is 9.59 Å². The molecule has 0 unspecified atom stereocenters. The minimum Gasteiger partial charge on any atom is -0.497 e. The fourth-order valence-electron chi connectivity index (χ4n) is 3.72. The number of amides is 1. The van der Waals surface area contributed by atoms with Gasteiger partial charge in [-0.05, 0) is 67.8 Å². The molecule has 2 aromatic carbocycles. The monoisotopic (exact) mass is 380 g/mol. The van der Waals surface area contributed by atoms with E-state index >= 15 is 0 Å². The van der Waals surface area contributed by atoms with Gasteiger partial charge in [0.1, 0.15) is 5.75 Å². The van der Waals surface area contributed by atoms with E-state index in [1.165, 1.54) is 0 Å². The van der Waals surface area contributed by atoms with Crippen LogP contribution in [0, 0.1) is 12.8 Å². The number of benzene rings is 2. The van der Waals surface area contributed by atoms with Gasteiger partial charge in [-0.2, -0.15) is 0 Å². The zero-order valence-corrected chi connectivity index (χ0v) is 17.1. The van der Waals surface area contributed by atoms with E-state index in [0.717, 1.165) is 35.4 Å². The maximum Gasteiger partial charge on any atom is 0.253 e. The Bertz CT molecular complexity index is 859. The third-order valence-electron chi connectivity index (χ3n) is 5.41. The van der Waals surface area contributed by atoms with Crippen molar-refractivity contribution in [1.29, 1.82) is 0 Å². The third kappa shape index (κ3) is 4.19. The van der Waals surface area contributed by atoms with Crippen molar-refractivity contribution in [3.63, 3.8) is 0 Å². The molecule has 1 aliphatic heterocycles. The fourth-order valence-corrected chi connectivity index (χ4v) is 3.72. The molecule has 1 saturated heterocycles. The summed E-state index contributed by atoms with van der Waals surface area (Å²) in [7, 11) is 5.56. The molecule has 0 bridgehead atoms. The first kappa shape index (κ1) is 19.9. The average molecular weight is 380 g/mol. The van der Waals surface area contributed by atoms with Gasteiger partial charge in [-0.1, -0.05) is 0 Å². The van der Waals surface area contributed by atoms with Crippen LogP contribution in [-0.2, 0) is 0 Å². The van der Waals surface area contributed by atoms with Gasteiger partial charge in [0.15, 0.2) is 5.78 Å². The Hall–Kier alpha value is -2.82. The molecule has 0 radical (unpaired) electrons. The zero-order valence-electron chi connectivity index (χ0n) is 17.1. The van der Waals surface area contributed by atoms with Crippen LogP contribution in [0.1, 0.15) is 39.1 Å². The van der Waals surface area contributed by atoms with Crippen LogP contribution >= 0.6 is 0 Å². The van der Waals surface area contributed by atoms with E-state index in [1.807, 2.05) is 73.3 Å². The number of anilines is 1. The Morgan fingerprint density at radius 1 is 1.11 bits per heavy atom. The van der Waals surface area contributed by atoms with Gasteiger partial charge in [-0.25, -0.2) is 0 Å². The van der Waals surface area contributed by atoms with Crippen molar-refractivity contribution in [2.75, 3.05) is 39.2 Å². The van der Waals surface area contributed by atoms with Gasteiger partial charge in [0, 0.05) is 49.9 Å². The first-order valence-corrected chi connectivity index (χ1v) is 9.66. The number of likely N-dealkylation sites (tertiary alicyclic amines) is 1.